The van der Waals surface area contributed by atoms with Crippen LogP contribution in [0, 0.1) is 11.6 Å². The summed E-state index contributed by atoms with van der Waals surface area (Å²) < 4.78 is 31.4. The SMILES string of the molecule is NCc1cc(F)ccc1COc1cccc(F)c1. The Kier molecular flexibility index (Phi) is 3.89. The summed E-state index contributed by atoms with van der Waals surface area (Å²) in [5, 5.41) is 0. The fourth-order valence-corrected chi connectivity index (χ4v) is 1.64. The van der Waals surface area contributed by atoms with Crippen LogP contribution in [0.3, 0.4) is 0 Å². The largest absolute Gasteiger partial charge is 0.489 e. The molecule has 2 rings (SSSR count). The van der Waals surface area contributed by atoms with Gasteiger partial charge in [0.15, 0.2) is 0 Å². The molecule has 0 aliphatic heterocycles. The molecule has 0 saturated heterocycles. The third kappa shape index (κ3) is 3.05. The molecule has 0 unspecified atom stereocenters. The number of nitrogens with two attached hydrogens (primary N) is 1. The minimum atomic E-state index is -0.356. The molecule has 0 heterocycles. The maximum Gasteiger partial charge on any atom is 0.126 e. The van der Waals surface area contributed by atoms with Crippen LogP contribution >= 0.6 is 0 Å². The lowest BCUT2D eigenvalue weighted by Crippen LogP contribution is -2.05. The topological polar surface area (TPSA) is 35.2 Å². The first-order chi connectivity index (χ1) is 8.69. The lowest BCUT2D eigenvalue weighted by atomic mass is 10.1. The van der Waals surface area contributed by atoms with E-state index < -0.39 is 0 Å². The van der Waals surface area contributed by atoms with Gasteiger partial charge in [-0.1, -0.05) is 12.1 Å². The van der Waals surface area contributed by atoms with Crippen molar-refractivity contribution in [1.29, 1.82) is 0 Å². The molecule has 94 valence electrons. The number of hydrogen-bond donors (Lipinski definition) is 1. The van der Waals surface area contributed by atoms with Gasteiger partial charge >= 0.3 is 0 Å². The van der Waals surface area contributed by atoms with E-state index in [0.717, 1.165) is 5.56 Å². The summed E-state index contributed by atoms with van der Waals surface area (Å²) in [6.07, 6.45) is 0. The van der Waals surface area contributed by atoms with Crippen LogP contribution in [0.25, 0.3) is 0 Å². The Morgan fingerprint density at radius 2 is 1.72 bits per heavy atom. The quantitative estimate of drug-likeness (QED) is 0.904. The second-order valence-corrected chi connectivity index (χ2v) is 3.86. The highest BCUT2D eigenvalue weighted by Gasteiger charge is 2.04. The summed E-state index contributed by atoms with van der Waals surface area (Å²) in [4.78, 5) is 0. The molecule has 0 amide bonds. The average Bonchev–Trinajstić information content (AvgIpc) is 2.37. The van der Waals surface area contributed by atoms with Gasteiger partial charge in [0.2, 0.25) is 0 Å². The highest BCUT2D eigenvalue weighted by atomic mass is 19.1. The molecule has 2 aromatic carbocycles. The van der Waals surface area contributed by atoms with Crippen molar-refractivity contribution in [3.63, 3.8) is 0 Å². The Bertz CT molecular complexity index is 543. The van der Waals surface area contributed by atoms with E-state index in [0.29, 0.717) is 11.3 Å². The number of benzene rings is 2. The zero-order valence-electron chi connectivity index (χ0n) is 9.70. The van der Waals surface area contributed by atoms with Crippen LogP contribution in [0.15, 0.2) is 42.5 Å². The van der Waals surface area contributed by atoms with Gasteiger partial charge in [-0.15, -0.1) is 0 Å². The van der Waals surface area contributed by atoms with Crippen LogP contribution in [0.5, 0.6) is 5.75 Å². The first-order valence-corrected chi connectivity index (χ1v) is 5.55. The van der Waals surface area contributed by atoms with E-state index in [-0.39, 0.29) is 24.8 Å². The van der Waals surface area contributed by atoms with Crippen molar-refractivity contribution in [1.82, 2.24) is 0 Å². The molecule has 2 nitrogen and oxygen atoms in total. The number of hydrogen-bond acceptors (Lipinski definition) is 2. The highest BCUT2D eigenvalue weighted by Crippen LogP contribution is 2.16. The van der Waals surface area contributed by atoms with Crippen LogP contribution < -0.4 is 10.5 Å². The molecule has 0 spiro atoms. The molecule has 0 fully saturated rings. The average molecular weight is 249 g/mol. The second-order valence-electron chi connectivity index (χ2n) is 3.86. The lowest BCUT2D eigenvalue weighted by molar-refractivity contribution is 0.303. The standard InChI is InChI=1S/C14H13F2NO/c15-12-2-1-3-14(7-12)18-9-10-4-5-13(16)6-11(10)8-17/h1-7H,8-9,17H2. The van der Waals surface area contributed by atoms with Crippen LogP contribution in [0.4, 0.5) is 8.78 Å². The van der Waals surface area contributed by atoms with E-state index in [4.69, 9.17) is 10.5 Å². The maximum absolute atomic E-state index is 13.0. The van der Waals surface area contributed by atoms with E-state index in [1.54, 1.807) is 18.2 Å². The molecule has 0 saturated carbocycles. The third-order valence-corrected chi connectivity index (χ3v) is 2.58. The summed E-state index contributed by atoms with van der Waals surface area (Å²) in [6, 6.07) is 10.2. The summed E-state index contributed by atoms with van der Waals surface area (Å²) >= 11 is 0. The monoisotopic (exact) mass is 249 g/mol. The van der Waals surface area contributed by atoms with Gasteiger partial charge in [-0.05, 0) is 35.4 Å². The van der Waals surface area contributed by atoms with E-state index in [2.05, 4.69) is 0 Å². The number of halogens is 2. The molecule has 0 aromatic heterocycles. The van der Waals surface area contributed by atoms with Gasteiger partial charge in [0, 0.05) is 12.6 Å². The van der Waals surface area contributed by atoms with E-state index in [9.17, 15) is 8.78 Å². The number of ether oxygens (including phenoxy) is 1. The Hall–Kier alpha value is -1.94. The minimum Gasteiger partial charge on any atom is -0.489 e. The zero-order valence-corrected chi connectivity index (χ0v) is 9.70. The summed E-state index contributed by atoms with van der Waals surface area (Å²) in [5.41, 5.74) is 7.01. The lowest BCUT2D eigenvalue weighted by Gasteiger charge is -2.10. The smallest absolute Gasteiger partial charge is 0.126 e. The van der Waals surface area contributed by atoms with Crippen molar-refractivity contribution < 1.29 is 13.5 Å². The van der Waals surface area contributed by atoms with Gasteiger partial charge in [0.25, 0.3) is 0 Å². The van der Waals surface area contributed by atoms with Crippen molar-refractivity contribution in [3.8, 4) is 5.75 Å². The van der Waals surface area contributed by atoms with Crippen LogP contribution in [0.2, 0.25) is 0 Å². The fourth-order valence-electron chi connectivity index (χ4n) is 1.64. The number of rotatable bonds is 4. The predicted octanol–water partition coefficient (Wildman–Crippen LogP) is 3.00. The van der Waals surface area contributed by atoms with Gasteiger partial charge in [-0.3, -0.25) is 0 Å². The normalized spacial score (nSPS) is 10.4. The first-order valence-electron chi connectivity index (χ1n) is 5.55. The molecular weight excluding hydrogens is 236 g/mol. The van der Waals surface area contributed by atoms with Crippen LogP contribution in [0.1, 0.15) is 11.1 Å². The first kappa shape index (κ1) is 12.5. The van der Waals surface area contributed by atoms with Crippen molar-refractivity contribution >= 4 is 0 Å². The van der Waals surface area contributed by atoms with Crippen molar-refractivity contribution in [2.75, 3.05) is 0 Å². The molecule has 0 radical (unpaired) electrons. The highest BCUT2D eigenvalue weighted by molar-refractivity contribution is 5.29. The van der Waals surface area contributed by atoms with Crippen LogP contribution in [-0.4, -0.2) is 0 Å². The molecule has 2 aromatic rings. The summed E-state index contributed by atoms with van der Waals surface area (Å²) in [7, 11) is 0. The molecule has 0 aliphatic carbocycles. The van der Waals surface area contributed by atoms with Gasteiger partial charge in [0.1, 0.15) is 24.0 Å². The van der Waals surface area contributed by atoms with E-state index >= 15 is 0 Å². The van der Waals surface area contributed by atoms with Crippen molar-refractivity contribution in [3.05, 3.63) is 65.2 Å². The molecule has 18 heavy (non-hydrogen) atoms. The molecule has 2 N–H and O–H groups in total. The van der Waals surface area contributed by atoms with E-state index in [1.807, 2.05) is 0 Å². The molecule has 4 heteroatoms. The Balaban J connectivity index is 2.10. The van der Waals surface area contributed by atoms with Crippen LogP contribution in [-0.2, 0) is 13.2 Å². The molecule has 0 bridgehead atoms. The molecule has 0 aliphatic rings. The van der Waals surface area contributed by atoms with Crippen molar-refractivity contribution in [2.45, 2.75) is 13.2 Å². The minimum absolute atomic E-state index is 0.232. The summed E-state index contributed by atoms with van der Waals surface area (Å²) in [6.45, 7) is 0.468. The maximum atomic E-state index is 13.0. The predicted molar refractivity (Wildman–Crippen MR) is 65.0 cm³/mol. The van der Waals surface area contributed by atoms with E-state index in [1.165, 1.54) is 24.3 Å². The molecular formula is C14H13F2NO. The second kappa shape index (κ2) is 5.60. The zero-order chi connectivity index (χ0) is 13.0. The summed E-state index contributed by atoms with van der Waals surface area (Å²) in [5.74, 6) is -0.252. The van der Waals surface area contributed by atoms with Gasteiger partial charge < -0.3 is 10.5 Å². The third-order valence-electron chi connectivity index (χ3n) is 2.58. The van der Waals surface area contributed by atoms with Crippen molar-refractivity contribution in [2.24, 2.45) is 5.73 Å². The Labute approximate surface area is 104 Å². The Morgan fingerprint density at radius 3 is 2.44 bits per heavy atom. The van der Waals surface area contributed by atoms with Gasteiger partial charge in [-0.25, -0.2) is 8.78 Å². The fraction of sp³-hybridized carbons (Fsp3) is 0.143. The molecule has 0 atom stereocenters. The Morgan fingerprint density at radius 1 is 0.944 bits per heavy atom. The van der Waals surface area contributed by atoms with Gasteiger partial charge in [0.05, 0.1) is 0 Å². The van der Waals surface area contributed by atoms with Gasteiger partial charge in [-0.2, -0.15) is 0 Å².